The lowest BCUT2D eigenvalue weighted by Gasteiger charge is -2.31. The van der Waals surface area contributed by atoms with Crippen molar-refractivity contribution in [3.8, 4) is 0 Å². The predicted octanol–water partition coefficient (Wildman–Crippen LogP) is 0.797. The van der Waals surface area contributed by atoms with Crippen LogP contribution in [0.5, 0.6) is 0 Å². The maximum absolute atomic E-state index is 12.7. The minimum absolute atomic E-state index is 0.187. The number of piperazine rings is 1. The predicted molar refractivity (Wildman–Crippen MR) is 115 cm³/mol. The third-order valence-corrected chi connectivity index (χ3v) is 7.21. The Morgan fingerprint density at radius 3 is 2.38 bits per heavy atom. The molecule has 7 nitrogen and oxygen atoms in total. The van der Waals surface area contributed by atoms with E-state index in [0.29, 0.717) is 26.2 Å². The summed E-state index contributed by atoms with van der Waals surface area (Å²) in [6.07, 6.45) is 1.61. The van der Waals surface area contributed by atoms with E-state index >= 15 is 0 Å². The maximum Gasteiger partial charge on any atom is 0.295 e. The molecule has 3 rings (SSSR count). The molecular formula is C20H24BrN4O3S+. The summed E-state index contributed by atoms with van der Waals surface area (Å²) in [6, 6.07) is 14.5. The molecule has 1 aliphatic rings. The molecule has 1 amide bonds. The number of halogens is 1. The number of hydrogen-bond donors (Lipinski definition) is 2. The van der Waals surface area contributed by atoms with Crippen molar-refractivity contribution in [1.29, 1.82) is 0 Å². The van der Waals surface area contributed by atoms with Crippen molar-refractivity contribution in [3.63, 3.8) is 0 Å². The largest absolute Gasteiger partial charge is 0.325 e. The van der Waals surface area contributed by atoms with E-state index in [2.05, 4.69) is 26.5 Å². The van der Waals surface area contributed by atoms with E-state index in [1.54, 1.807) is 30.5 Å². The van der Waals surface area contributed by atoms with Crippen LogP contribution >= 0.6 is 15.9 Å². The van der Waals surface area contributed by atoms with Crippen LogP contribution in [0.15, 0.2) is 63.0 Å². The quantitative estimate of drug-likeness (QED) is 0.474. The third-order valence-electron chi connectivity index (χ3n) is 4.77. The first-order valence-electron chi connectivity index (χ1n) is 9.32. The number of carbonyl (C=O) groups excluding carboxylic acids is 1. The van der Waals surface area contributed by atoms with Gasteiger partial charge in [-0.3, -0.25) is 4.79 Å². The molecule has 1 aliphatic heterocycles. The summed E-state index contributed by atoms with van der Waals surface area (Å²) in [7, 11) is -3.50. The molecule has 0 atom stereocenters. The Kier molecular flexibility index (Phi) is 7.18. The summed E-state index contributed by atoms with van der Waals surface area (Å²) in [4.78, 5) is 13.4. The summed E-state index contributed by atoms with van der Waals surface area (Å²) in [5, 5.41) is 3.99. The minimum Gasteiger partial charge on any atom is -0.325 e. The van der Waals surface area contributed by atoms with Crippen LogP contribution in [0, 0.1) is 6.92 Å². The summed E-state index contributed by atoms with van der Waals surface area (Å²) in [6.45, 7) is 4.18. The molecule has 0 radical (unpaired) electrons. The highest BCUT2D eigenvalue weighted by atomic mass is 79.9. The standard InChI is InChI=1S/C20H23BrN4O3S/c1-16-2-4-17(5-3-16)14-22-23-20(26)15-24-10-12-25(13-11-24)29(27,28)19-8-6-18(21)7-9-19/h2-9,14H,10-13,15H2,1H3,(H,23,26)/p+1/b22-14+. The molecular weight excluding hydrogens is 456 g/mol. The molecule has 0 saturated carbocycles. The molecule has 2 aromatic carbocycles. The summed E-state index contributed by atoms with van der Waals surface area (Å²) in [5.41, 5.74) is 4.61. The topological polar surface area (TPSA) is 83.3 Å². The third kappa shape index (κ3) is 5.96. The number of rotatable bonds is 6. The van der Waals surface area contributed by atoms with Crippen molar-refractivity contribution in [2.75, 3.05) is 32.7 Å². The lowest BCUT2D eigenvalue weighted by Crippen LogP contribution is -3.15. The number of sulfonamides is 1. The first kappa shape index (κ1) is 21.6. The monoisotopic (exact) mass is 479 g/mol. The molecule has 29 heavy (non-hydrogen) atoms. The Bertz CT molecular complexity index is 968. The fourth-order valence-corrected chi connectivity index (χ4v) is 4.78. The van der Waals surface area contributed by atoms with E-state index in [4.69, 9.17) is 0 Å². The van der Waals surface area contributed by atoms with Crippen molar-refractivity contribution in [2.45, 2.75) is 11.8 Å². The lowest BCUT2D eigenvalue weighted by molar-refractivity contribution is -0.895. The summed E-state index contributed by atoms with van der Waals surface area (Å²) in [5.74, 6) is -0.187. The zero-order chi connectivity index (χ0) is 20.9. The summed E-state index contributed by atoms with van der Waals surface area (Å²) >= 11 is 3.31. The SMILES string of the molecule is Cc1ccc(/C=N/NC(=O)C[NH+]2CCN(S(=O)(=O)c3ccc(Br)cc3)CC2)cc1. The fourth-order valence-electron chi connectivity index (χ4n) is 3.07. The van der Waals surface area contributed by atoms with Crippen LogP contribution in [0.25, 0.3) is 0 Å². The minimum atomic E-state index is -3.50. The number of nitrogens with one attached hydrogen (secondary N) is 2. The van der Waals surface area contributed by atoms with Crippen molar-refractivity contribution in [1.82, 2.24) is 9.73 Å². The van der Waals surface area contributed by atoms with E-state index in [9.17, 15) is 13.2 Å². The number of quaternary nitrogens is 1. The van der Waals surface area contributed by atoms with E-state index in [1.807, 2.05) is 31.2 Å². The van der Waals surface area contributed by atoms with Gasteiger partial charge >= 0.3 is 0 Å². The highest BCUT2D eigenvalue weighted by molar-refractivity contribution is 9.10. The molecule has 0 unspecified atom stereocenters. The second-order valence-corrected chi connectivity index (χ2v) is 9.84. The van der Waals surface area contributed by atoms with Gasteiger partial charge in [0, 0.05) is 4.47 Å². The Morgan fingerprint density at radius 2 is 1.76 bits per heavy atom. The van der Waals surface area contributed by atoms with Gasteiger partial charge in [-0.05, 0) is 36.8 Å². The van der Waals surface area contributed by atoms with Crippen LogP contribution in [-0.4, -0.2) is 57.6 Å². The Morgan fingerprint density at radius 1 is 1.14 bits per heavy atom. The zero-order valence-electron chi connectivity index (χ0n) is 16.1. The van der Waals surface area contributed by atoms with Gasteiger partial charge in [-0.25, -0.2) is 13.8 Å². The molecule has 2 aromatic rings. The van der Waals surface area contributed by atoms with E-state index in [1.165, 1.54) is 4.31 Å². The number of carbonyl (C=O) groups is 1. The molecule has 2 N–H and O–H groups in total. The van der Waals surface area contributed by atoms with Crippen LogP contribution < -0.4 is 10.3 Å². The van der Waals surface area contributed by atoms with Gasteiger partial charge in [0.05, 0.1) is 37.3 Å². The number of benzene rings is 2. The van der Waals surface area contributed by atoms with Crippen LogP contribution in [0.3, 0.4) is 0 Å². The molecule has 1 saturated heterocycles. The second kappa shape index (κ2) is 9.62. The van der Waals surface area contributed by atoms with Crippen LogP contribution in [-0.2, 0) is 14.8 Å². The second-order valence-electron chi connectivity index (χ2n) is 6.99. The van der Waals surface area contributed by atoms with Crippen molar-refractivity contribution in [3.05, 3.63) is 64.1 Å². The number of hydrogen-bond acceptors (Lipinski definition) is 4. The maximum atomic E-state index is 12.7. The van der Waals surface area contributed by atoms with Gasteiger partial charge in [0.1, 0.15) is 0 Å². The molecule has 0 aliphatic carbocycles. The molecule has 9 heteroatoms. The van der Waals surface area contributed by atoms with Crippen LogP contribution in [0.2, 0.25) is 0 Å². The normalized spacial score (nSPS) is 16.2. The van der Waals surface area contributed by atoms with E-state index in [-0.39, 0.29) is 17.3 Å². The summed E-state index contributed by atoms with van der Waals surface area (Å²) < 4.78 is 27.8. The molecule has 1 fully saturated rings. The number of nitrogens with zero attached hydrogens (tertiary/aromatic N) is 2. The van der Waals surface area contributed by atoms with Gasteiger partial charge in [-0.1, -0.05) is 45.8 Å². The van der Waals surface area contributed by atoms with E-state index < -0.39 is 10.0 Å². The molecule has 0 spiro atoms. The van der Waals surface area contributed by atoms with Gasteiger partial charge in [0.25, 0.3) is 5.91 Å². The Hall–Kier alpha value is -2.07. The van der Waals surface area contributed by atoms with Crippen LogP contribution in [0.1, 0.15) is 11.1 Å². The first-order chi connectivity index (χ1) is 13.8. The van der Waals surface area contributed by atoms with Crippen molar-refractivity contribution in [2.24, 2.45) is 5.10 Å². The lowest BCUT2D eigenvalue weighted by atomic mass is 10.2. The molecule has 0 bridgehead atoms. The Labute approximate surface area is 179 Å². The van der Waals surface area contributed by atoms with Crippen LogP contribution in [0.4, 0.5) is 0 Å². The highest BCUT2D eigenvalue weighted by Crippen LogP contribution is 2.18. The van der Waals surface area contributed by atoms with Crippen molar-refractivity contribution >= 4 is 38.1 Å². The number of amides is 1. The molecule has 154 valence electrons. The van der Waals surface area contributed by atoms with E-state index in [0.717, 1.165) is 20.5 Å². The Balaban J connectivity index is 1.47. The van der Waals surface area contributed by atoms with Gasteiger partial charge < -0.3 is 4.90 Å². The van der Waals surface area contributed by atoms with Gasteiger partial charge in [-0.2, -0.15) is 9.41 Å². The van der Waals surface area contributed by atoms with Gasteiger partial charge in [0.15, 0.2) is 6.54 Å². The van der Waals surface area contributed by atoms with Gasteiger partial charge in [-0.15, -0.1) is 0 Å². The molecule has 0 aromatic heterocycles. The fraction of sp³-hybridized carbons (Fsp3) is 0.300. The smallest absolute Gasteiger partial charge is 0.295 e. The average molecular weight is 480 g/mol. The number of hydrazone groups is 1. The van der Waals surface area contributed by atoms with Gasteiger partial charge in [0.2, 0.25) is 10.0 Å². The zero-order valence-corrected chi connectivity index (χ0v) is 18.5. The first-order valence-corrected chi connectivity index (χ1v) is 11.6. The average Bonchev–Trinajstić information content (AvgIpc) is 2.70. The highest BCUT2D eigenvalue weighted by Gasteiger charge is 2.31. The van der Waals surface area contributed by atoms with Crippen molar-refractivity contribution < 1.29 is 18.1 Å². The molecule has 1 heterocycles. The number of aryl methyl sites for hydroxylation is 1.